The summed E-state index contributed by atoms with van der Waals surface area (Å²) in [6.07, 6.45) is 1.39. The van der Waals surface area contributed by atoms with Crippen LogP contribution >= 0.6 is 27.5 Å². The lowest BCUT2D eigenvalue weighted by molar-refractivity contribution is -0.131. The molecule has 0 aliphatic heterocycles. The second-order valence-electron chi connectivity index (χ2n) is 5.68. The molecular formula is C18H15BrClN3O2. The van der Waals surface area contributed by atoms with Crippen molar-refractivity contribution in [1.82, 2.24) is 14.5 Å². The Labute approximate surface area is 158 Å². The van der Waals surface area contributed by atoms with E-state index in [-0.39, 0.29) is 18.0 Å². The molecule has 25 heavy (non-hydrogen) atoms. The molecule has 0 N–H and O–H groups in total. The quantitative estimate of drug-likeness (QED) is 0.649. The molecule has 2 aromatic carbocycles. The van der Waals surface area contributed by atoms with E-state index in [9.17, 15) is 9.59 Å². The smallest absolute Gasteiger partial charge is 0.261 e. The summed E-state index contributed by atoms with van der Waals surface area (Å²) >= 11 is 9.42. The summed E-state index contributed by atoms with van der Waals surface area (Å²) in [6.45, 7) is 0.372. The first-order valence-corrected chi connectivity index (χ1v) is 8.75. The number of hydrogen-bond acceptors (Lipinski definition) is 3. The van der Waals surface area contributed by atoms with Crippen LogP contribution in [0.4, 0.5) is 0 Å². The van der Waals surface area contributed by atoms with E-state index < -0.39 is 0 Å². The van der Waals surface area contributed by atoms with Gasteiger partial charge in [-0.1, -0.05) is 45.7 Å². The van der Waals surface area contributed by atoms with Crippen molar-refractivity contribution >= 4 is 44.3 Å². The summed E-state index contributed by atoms with van der Waals surface area (Å²) in [5.41, 5.74) is 1.27. The lowest BCUT2D eigenvalue weighted by Gasteiger charge is -2.18. The van der Waals surface area contributed by atoms with Crippen LogP contribution in [-0.2, 0) is 17.9 Å². The average molecular weight is 421 g/mol. The zero-order valence-corrected chi connectivity index (χ0v) is 15.8. The van der Waals surface area contributed by atoms with Gasteiger partial charge in [-0.2, -0.15) is 0 Å². The molecule has 0 bridgehead atoms. The highest BCUT2D eigenvalue weighted by Gasteiger charge is 2.13. The number of aromatic nitrogens is 2. The number of carbonyl (C=O) groups excluding carboxylic acids is 1. The van der Waals surface area contributed by atoms with Gasteiger partial charge in [0.2, 0.25) is 5.91 Å². The van der Waals surface area contributed by atoms with Gasteiger partial charge in [-0.3, -0.25) is 14.2 Å². The van der Waals surface area contributed by atoms with E-state index in [1.54, 1.807) is 30.1 Å². The van der Waals surface area contributed by atoms with Crippen LogP contribution in [0.25, 0.3) is 10.9 Å². The van der Waals surface area contributed by atoms with E-state index in [4.69, 9.17) is 11.6 Å². The molecule has 0 saturated heterocycles. The van der Waals surface area contributed by atoms with Gasteiger partial charge in [0.1, 0.15) is 6.54 Å². The number of fused-ring (bicyclic) bond motifs is 1. The molecule has 0 aliphatic carbocycles. The maximum Gasteiger partial charge on any atom is 0.261 e. The summed E-state index contributed by atoms with van der Waals surface area (Å²) in [5, 5.41) is 0.859. The Morgan fingerprint density at radius 1 is 1.28 bits per heavy atom. The van der Waals surface area contributed by atoms with Gasteiger partial charge in [0.25, 0.3) is 5.56 Å². The van der Waals surface area contributed by atoms with Gasteiger partial charge in [-0.05, 0) is 29.8 Å². The zero-order valence-electron chi connectivity index (χ0n) is 13.4. The lowest BCUT2D eigenvalue weighted by Crippen LogP contribution is -2.33. The van der Waals surface area contributed by atoms with Crippen LogP contribution in [0.2, 0.25) is 5.02 Å². The molecule has 0 atom stereocenters. The Hall–Kier alpha value is -2.18. The summed E-state index contributed by atoms with van der Waals surface area (Å²) < 4.78 is 2.24. The maximum atomic E-state index is 12.5. The summed E-state index contributed by atoms with van der Waals surface area (Å²) in [5.74, 6) is -0.180. The summed E-state index contributed by atoms with van der Waals surface area (Å²) in [6, 6.07) is 12.6. The number of likely N-dealkylation sites (N-methyl/N-ethyl adjacent to an activating group) is 1. The van der Waals surface area contributed by atoms with Crippen molar-refractivity contribution in [3.63, 3.8) is 0 Å². The minimum absolute atomic E-state index is 0.0742. The third kappa shape index (κ3) is 3.91. The highest BCUT2D eigenvalue weighted by atomic mass is 79.9. The van der Waals surface area contributed by atoms with Gasteiger partial charge in [0.05, 0.1) is 17.2 Å². The zero-order chi connectivity index (χ0) is 18.0. The lowest BCUT2D eigenvalue weighted by atomic mass is 10.2. The number of carbonyl (C=O) groups is 1. The third-order valence-corrected chi connectivity index (χ3v) is 4.89. The fourth-order valence-corrected chi connectivity index (χ4v) is 3.06. The second kappa shape index (κ2) is 7.37. The molecule has 0 saturated carbocycles. The predicted molar refractivity (Wildman–Crippen MR) is 102 cm³/mol. The standard InChI is InChI=1S/C18H15BrClN3O2/c1-22(9-12-4-2-3-5-15(12)19)17(24)10-23-11-21-16-7-6-13(20)8-14(16)18(23)25/h2-8,11H,9-10H2,1H3. The van der Waals surface area contributed by atoms with Crippen molar-refractivity contribution in [2.45, 2.75) is 13.1 Å². The highest BCUT2D eigenvalue weighted by Crippen LogP contribution is 2.17. The number of hydrogen-bond donors (Lipinski definition) is 0. The Balaban J connectivity index is 1.81. The van der Waals surface area contributed by atoms with Gasteiger partial charge >= 0.3 is 0 Å². The monoisotopic (exact) mass is 419 g/mol. The summed E-state index contributed by atoms with van der Waals surface area (Å²) in [4.78, 5) is 30.8. The predicted octanol–water partition coefficient (Wildman–Crippen LogP) is 3.47. The molecule has 0 unspecified atom stereocenters. The third-order valence-electron chi connectivity index (χ3n) is 3.88. The summed E-state index contributed by atoms with van der Waals surface area (Å²) in [7, 11) is 1.71. The van der Waals surface area contributed by atoms with E-state index >= 15 is 0 Å². The first kappa shape index (κ1) is 17.6. The fourth-order valence-electron chi connectivity index (χ4n) is 2.48. The molecule has 128 valence electrons. The normalized spacial score (nSPS) is 10.8. The van der Waals surface area contributed by atoms with Crippen LogP contribution < -0.4 is 5.56 Å². The molecule has 1 aromatic heterocycles. The first-order chi connectivity index (χ1) is 12.0. The Bertz CT molecular complexity index is 1000. The van der Waals surface area contributed by atoms with Gasteiger partial charge in [0.15, 0.2) is 0 Å². The Kier molecular flexibility index (Phi) is 5.20. The van der Waals surface area contributed by atoms with E-state index in [1.807, 2.05) is 24.3 Å². The van der Waals surface area contributed by atoms with Crippen LogP contribution in [-0.4, -0.2) is 27.4 Å². The topological polar surface area (TPSA) is 55.2 Å². The minimum atomic E-state index is -0.282. The van der Waals surface area contributed by atoms with Gasteiger partial charge in [-0.25, -0.2) is 4.98 Å². The Morgan fingerprint density at radius 2 is 2.04 bits per heavy atom. The molecule has 0 fully saturated rings. The Morgan fingerprint density at radius 3 is 2.80 bits per heavy atom. The van der Waals surface area contributed by atoms with E-state index in [1.165, 1.54) is 10.9 Å². The second-order valence-corrected chi connectivity index (χ2v) is 6.97. The van der Waals surface area contributed by atoms with Crippen molar-refractivity contribution in [3.05, 3.63) is 74.2 Å². The van der Waals surface area contributed by atoms with Crippen LogP contribution in [0, 0.1) is 0 Å². The van der Waals surface area contributed by atoms with Crippen LogP contribution in [0.1, 0.15) is 5.56 Å². The minimum Gasteiger partial charge on any atom is -0.340 e. The van der Waals surface area contributed by atoms with E-state index in [0.29, 0.717) is 22.5 Å². The maximum absolute atomic E-state index is 12.5. The number of benzene rings is 2. The largest absolute Gasteiger partial charge is 0.340 e. The van der Waals surface area contributed by atoms with Crippen molar-refractivity contribution in [3.8, 4) is 0 Å². The van der Waals surface area contributed by atoms with E-state index in [0.717, 1.165) is 10.0 Å². The van der Waals surface area contributed by atoms with Crippen molar-refractivity contribution < 1.29 is 4.79 Å². The molecule has 1 heterocycles. The van der Waals surface area contributed by atoms with Gasteiger partial charge in [-0.15, -0.1) is 0 Å². The number of halogens is 2. The molecular weight excluding hydrogens is 406 g/mol. The van der Waals surface area contributed by atoms with Crippen molar-refractivity contribution in [2.75, 3.05) is 7.05 Å². The number of nitrogens with zero attached hydrogens (tertiary/aromatic N) is 3. The highest BCUT2D eigenvalue weighted by molar-refractivity contribution is 9.10. The van der Waals surface area contributed by atoms with E-state index in [2.05, 4.69) is 20.9 Å². The molecule has 0 radical (unpaired) electrons. The molecule has 3 rings (SSSR count). The van der Waals surface area contributed by atoms with Crippen LogP contribution in [0.5, 0.6) is 0 Å². The van der Waals surface area contributed by atoms with Crippen LogP contribution in [0.15, 0.2) is 58.1 Å². The molecule has 1 amide bonds. The number of amides is 1. The van der Waals surface area contributed by atoms with Gasteiger partial charge in [0, 0.05) is 23.1 Å². The van der Waals surface area contributed by atoms with Crippen molar-refractivity contribution in [1.29, 1.82) is 0 Å². The molecule has 5 nitrogen and oxygen atoms in total. The molecule has 0 spiro atoms. The fraction of sp³-hybridized carbons (Fsp3) is 0.167. The first-order valence-electron chi connectivity index (χ1n) is 7.58. The van der Waals surface area contributed by atoms with Crippen molar-refractivity contribution in [2.24, 2.45) is 0 Å². The molecule has 7 heteroatoms. The molecule has 0 aliphatic rings. The van der Waals surface area contributed by atoms with Crippen LogP contribution in [0.3, 0.4) is 0 Å². The molecule has 3 aromatic rings. The SMILES string of the molecule is CN(Cc1ccccc1Br)C(=O)Cn1cnc2ccc(Cl)cc2c1=O. The number of rotatable bonds is 4. The average Bonchev–Trinajstić information content (AvgIpc) is 2.59. The van der Waals surface area contributed by atoms with Gasteiger partial charge < -0.3 is 4.90 Å².